The number of carbonyl (C=O) groups excluding carboxylic acids is 2. The average molecular weight is 363 g/mol. The van der Waals surface area contributed by atoms with Gasteiger partial charge in [0.1, 0.15) is 11.6 Å². The largest absolute Gasteiger partial charge is 0.368 e. The molecule has 1 saturated carbocycles. The second-order valence-corrected chi connectivity index (χ2v) is 8.34. The molecule has 2 aliphatic heterocycles. The highest BCUT2D eigenvalue weighted by molar-refractivity contribution is 7.08. The Morgan fingerprint density at radius 2 is 2.16 bits per heavy atom. The van der Waals surface area contributed by atoms with E-state index < -0.39 is 0 Å². The summed E-state index contributed by atoms with van der Waals surface area (Å²) in [5.74, 6) is 0.911. The molecule has 2 saturated heterocycles. The van der Waals surface area contributed by atoms with Gasteiger partial charge in [-0.25, -0.2) is 0 Å². The number of rotatable bonds is 5. The third-order valence-electron chi connectivity index (χ3n) is 5.46. The maximum absolute atomic E-state index is 12.4. The van der Waals surface area contributed by atoms with Crippen LogP contribution in [0.3, 0.4) is 0 Å². The highest BCUT2D eigenvalue weighted by atomic mass is 32.1. The van der Waals surface area contributed by atoms with Crippen LogP contribution in [0.1, 0.15) is 18.4 Å². The third kappa shape index (κ3) is 3.59. The van der Waals surface area contributed by atoms with Crippen molar-refractivity contribution in [2.75, 3.05) is 39.8 Å². The predicted octanol–water partition coefficient (Wildman–Crippen LogP) is 0.728. The van der Waals surface area contributed by atoms with E-state index in [2.05, 4.69) is 10.2 Å². The summed E-state index contributed by atoms with van der Waals surface area (Å²) in [6.07, 6.45) is 2.98. The van der Waals surface area contributed by atoms with Gasteiger partial charge >= 0.3 is 0 Å². The molecule has 3 heterocycles. The minimum Gasteiger partial charge on any atom is -0.368 e. The van der Waals surface area contributed by atoms with Gasteiger partial charge in [-0.15, -0.1) is 0 Å². The lowest BCUT2D eigenvalue weighted by Gasteiger charge is -2.55. The quantitative estimate of drug-likeness (QED) is 0.838. The number of thiophene rings is 1. The number of hydrogen-bond donors (Lipinski definition) is 1. The third-order valence-corrected chi connectivity index (χ3v) is 6.20. The molecule has 7 heteroatoms. The van der Waals surface area contributed by atoms with Gasteiger partial charge in [-0.2, -0.15) is 11.3 Å². The number of ether oxygens (including phenoxy) is 1. The Hall–Kier alpha value is -1.44. The topological polar surface area (TPSA) is 61.9 Å². The highest BCUT2D eigenvalue weighted by Crippen LogP contribution is 2.35. The van der Waals surface area contributed by atoms with Crippen molar-refractivity contribution in [2.24, 2.45) is 5.92 Å². The molecule has 1 unspecified atom stereocenters. The molecule has 2 amide bonds. The molecule has 0 aromatic carbocycles. The fraction of sp³-hybridized carbons (Fsp3) is 0.667. The monoisotopic (exact) mass is 363 g/mol. The second-order valence-electron chi connectivity index (χ2n) is 7.56. The molecule has 1 aromatic heterocycles. The Morgan fingerprint density at radius 1 is 1.36 bits per heavy atom. The maximum Gasteiger partial charge on any atom is 0.239 e. The summed E-state index contributed by atoms with van der Waals surface area (Å²) in [6, 6.07) is 1.80. The lowest BCUT2D eigenvalue weighted by Crippen LogP contribution is -2.73. The van der Waals surface area contributed by atoms with Gasteiger partial charge in [0.15, 0.2) is 0 Å². The summed E-state index contributed by atoms with van der Waals surface area (Å²) in [6.45, 7) is 3.39. The number of likely N-dealkylation sites (tertiary alicyclic amines) is 1. The van der Waals surface area contributed by atoms with Crippen LogP contribution in [0.4, 0.5) is 0 Å². The lowest BCUT2D eigenvalue weighted by atomic mass is 9.89. The van der Waals surface area contributed by atoms with E-state index in [0.717, 1.165) is 24.6 Å². The first-order chi connectivity index (χ1) is 12.1. The number of likely N-dealkylation sites (N-methyl/N-ethyl adjacent to an activating group) is 1. The summed E-state index contributed by atoms with van der Waals surface area (Å²) in [5, 5.41) is 6.77. The molecule has 0 radical (unpaired) electrons. The smallest absolute Gasteiger partial charge is 0.239 e. The molecular formula is C18H25N3O3S. The zero-order chi connectivity index (χ0) is 17.4. The highest BCUT2D eigenvalue weighted by Gasteiger charge is 2.52. The van der Waals surface area contributed by atoms with Gasteiger partial charge in [0.25, 0.3) is 0 Å². The van der Waals surface area contributed by atoms with Crippen molar-refractivity contribution in [1.82, 2.24) is 15.1 Å². The second kappa shape index (κ2) is 6.70. The molecule has 0 bridgehead atoms. The van der Waals surface area contributed by atoms with E-state index in [1.807, 2.05) is 21.7 Å². The minimum atomic E-state index is -0.288. The van der Waals surface area contributed by atoms with Crippen molar-refractivity contribution in [3.63, 3.8) is 0 Å². The van der Waals surface area contributed by atoms with E-state index >= 15 is 0 Å². The van der Waals surface area contributed by atoms with Crippen molar-refractivity contribution in [3.05, 3.63) is 22.4 Å². The Balaban J connectivity index is 1.35. The van der Waals surface area contributed by atoms with Gasteiger partial charge in [0.05, 0.1) is 26.1 Å². The van der Waals surface area contributed by atoms with Crippen LogP contribution < -0.4 is 5.32 Å². The van der Waals surface area contributed by atoms with Gasteiger partial charge in [-0.1, -0.05) is 0 Å². The van der Waals surface area contributed by atoms with Gasteiger partial charge in [0, 0.05) is 20.1 Å². The number of nitrogens with one attached hydrogen (secondary N) is 1. The molecule has 1 atom stereocenters. The molecule has 136 valence electrons. The average Bonchev–Trinajstić information content (AvgIpc) is 3.24. The predicted molar refractivity (Wildman–Crippen MR) is 95.4 cm³/mol. The summed E-state index contributed by atoms with van der Waals surface area (Å²) in [5.41, 5.74) is 0.791. The first-order valence-electron chi connectivity index (χ1n) is 8.97. The summed E-state index contributed by atoms with van der Waals surface area (Å²) in [7, 11) is 1.68. The summed E-state index contributed by atoms with van der Waals surface area (Å²) < 4.78 is 6.09. The van der Waals surface area contributed by atoms with Crippen molar-refractivity contribution >= 4 is 23.2 Å². The van der Waals surface area contributed by atoms with Crippen LogP contribution in [-0.4, -0.2) is 73.1 Å². The standard InChI is InChI=1S/C18H25N3O3S/c1-19-17(23)15-8-24-18(10-20(15)7-13-2-3-13)11-21(12-18)16(22)6-14-4-5-25-9-14/h4-5,9,13,15H,2-3,6-8,10-12H2,1H3,(H,19,23). The molecule has 4 rings (SSSR count). The van der Waals surface area contributed by atoms with Gasteiger partial charge in [0.2, 0.25) is 11.8 Å². The van der Waals surface area contributed by atoms with Gasteiger partial charge < -0.3 is 15.0 Å². The Labute approximate surface area is 152 Å². The minimum absolute atomic E-state index is 0.0280. The molecule has 1 spiro atoms. The summed E-state index contributed by atoms with van der Waals surface area (Å²) in [4.78, 5) is 28.7. The van der Waals surface area contributed by atoms with E-state index in [-0.39, 0.29) is 23.5 Å². The fourth-order valence-corrected chi connectivity index (χ4v) is 4.48. The van der Waals surface area contributed by atoms with Crippen LogP contribution >= 0.6 is 11.3 Å². The lowest BCUT2D eigenvalue weighted by molar-refractivity contribution is -0.204. The van der Waals surface area contributed by atoms with Crippen molar-refractivity contribution < 1.29 is 14.3 Å². The van der Waals surface area contributed by atoms with Crippen LogP contribution in [0, 0.1) is 5.92 Å². The number of hydrogen-bond acceptors (Lipinski definition) is 5. The van der Waals surface area contributed by atoms with E-state index in [1.165, 1.54) is 12.8 Å². The van der Waals surface area contributed by atoms with Gasteiger partial charge in [-0.3, -0.25) is 14.5 Å². The zero-order valence-electron chi connectivity index (χ0n) is 14.6. The Morgan fingerprint density at radius 3 is 2.80 bits per heavy atom. The molecule has 1 aliphatic carbocycles. The van der Waals surface area contributed by atoms with Crippen LogP contribution in [0.2, 0.25) is 0 Å². The molecule has 1 N–H and O–H groups in total. The van der Waals surface area contributed by atoms with E-state index in [0.29, 0.717) is 26.1 Å². The normalized spacial score (nSPS) is 25.6. The number of nitrogens with zero attached hydrogens (tertiary/aromatic N) is 2. The first-order valence-corrected chi connectivity index (χ1v) is 9.91. The van der Waals surface area contributed by atoms with Crippen LogP contribution in [-0.2, 0) is 20.7 Å². The number of morpholine rings is 1. The first kappa shape index (κ1) is 17.0. The molecule has 25 heavy (non-hydrogen) atoms. The summed E-state index contributed by atoms with van der Waals surface area (Å²) >= 11 is 1.62. The van der Waals surface area contributed by atoms with E-state index in [9.17, 15) is 9.59 Å². The van der Waals surface area contributed by atoms with Crippen molar-refractivity contribution in [3.8, 4) is 0 Å². The zero-order valence-corrected chi connectivity index (χ0v) is 15.4. The molecule has 1 aromatic rings. The Bertz CT molecular complexity index is 638. The molecule has 6 nitrogen and oxygen atoms in total. The Kier molecular flexibility index (Phi) is 4.56. The molecular weight excluding hydrogens is 338 g/mol. The van der Waals surface area contributed by atoms with Crippen molar-refractivity contribution in [1.29, 1.82) is 0 Å². The van der Waals surface area contributed by atoms with Crippen LogP contribution in [0.25, 0.3) is 0 Å². The van der Waals surface area contributed by atoms with Gasteiger partial charge in [-0.05, 0) is 41.1 Å². The van der Waals surface area contributed by atoms with E-state index in [4.69, 9.17) is 4.74 Å². The van der Waals surface area contributed by atoms with Crippen LogP contribution in [0.5, 0.6) is 0 Å². The fourth-order valence-electron chi connectivity index (χ4n) is 3.82. The van der Waals surface area contributed by atoms with Crippen molar-refractivity contribution in [2.45, 2.75) is 30.9 Å². The number of amides is 2. The molecule has 3 fully saturated rings. The van der Waals surface area contributed by atoms with E-state index in [1.54, 1.807) is 18.4 Å². The number of carbonyl (C=O) groups is 2. The molecule has 3 aliphatic rings. The van der Waals surface area contributed by atoms with Crippen LogP contribution in [0.15, 0.2) is 16.8 Å². The maximum atomic E-state index is 12.4. The SMILES string of the molecule is CNC(=O)C1COC2(CN(C(=O)Cc3ccsc3)C2)CN1CC1CC1.